The minimum absolute atomic E-state index is 0.392. The highest BCUT2D eigenvalue weighted by Gasteiger charge is 2.24. The van der Waals surface area contributed by atoms with Crippen LogP contribution in [0.1, 0.15) is 11.1 Å². The molecule has 4 aromatic rings. The molecule has 3 heterocycles. The fraction of sp³-hybridized carbons (Fsp3) is 0.269. The average Bonchev–Trinajstić information content (AvgIpc) is 3.24. The van der Waals surface area contributed by atoms with Crippen LogP contribution in [0, 0.1) is 0 Å². The van der Waals surface area contributed by atoms with Gasteiger partial charge in [0, 0.05) is 51.3 Å². The molecule has 1 fully saturated rings. The molecule has 1 saturated heterocycles. The van der Waals surface area contributed by atoms with E-state index in [0.29, 0.717) is 23.7 Å². The normalized spacial score (nSPS) is 14.9. The van der Waals surface area contributed by atoms with Gasteiger partial charge >= 0.3 is 5.69 Å². The number of H-pyrrole nitrogens is 1. The van der Waals surface area contributed by atoms with E-state index in [4.69, 9.17) is 16.6 Å². The second kappa shape index (κ2) is 9.93. The van der Waals surface area contributed by atoms with Gasteiger partial charge in [0.2, 0.25) is 5.95 Å². The lowest BCUT2D eigenvalue weighted by Crippen LogP contribution is -2.46. The van der Waals surface area contributed by atoms with Crippen molar-refractivity contribution in [3.05, 3.63) is 97.7 Å². The lowest BCUT2D eigenvalue weighted by atomic mass is 10.2. The molecule has 0 radical (unpaired) electrons. The largest absolute Gasteiger partial charge is 0.340 e. The van der Waals surface area contributed by atoms with E-state index in [-0.39, 0.29) is 0 Å². The van der Waals surface area contributed by atoms with Gasteiger partial charge in [0.25, 0.3) is 5.56 Å². The summed E-state index contributed by atoms with van der Waals surface area (Å²) in [5.41, 5.74) is 2.17. The SMILES string of the molecule is Cn1c(=O)[nH]c(=O)c2c1nc(N1CCN(Cc3cccc(Cl)c3)CC1)n2CC=Cc1ccccc1. The summed E-state index contributed by atoms with van der Waals surface area (Å²) in [5, 5.41) is 0.745. The number of benzene rings is 2. The first kappa shape index (κ1) is 23.1. The average molecular weight is 491 g/mol. The number of aromatic amines is 1. The van der Waals surface area contributed by atoms with Crippen LogP contribution in [0.5, 0.6) is 0 Å². The highest BCUT2D eigenvalue weighted by molar-refractivity contribution is 6.30. The maximum absolute atomic E-state index is 12.8. The Hall–Kier alpha value is -3.62. The van der Waals surface area contributed by atoms with Gasteiger partial charge in [-0.3, -0.25) is 19.2 Å². The van der Waals surface area contributed by atoms with Gasteiger partial charge in [0.1, 0.15) is 0 Å². The van der Waals surface area contributed by atoms with Crippen LogP contribution in [-0.2, 0) is 20.1 Å². The standard InChI is InChI=1S/C26H27ClN6O2/c1-30-23-22(24(34)29-26(30)35)33(12-6-10-19-7-3-2-4-8-19)25(28-23)32-15-13-31(14-16-32)18-20-9-5-11-21(27)17-20/h2-11,17H,12-16,18H2,1H3,(H,29,34,35). The number of imidazole rings is 1. The molecule has 180 valence electrons. The maximum atomic E-state index is 12.8. The van der Waals surface area contributed by atoms with Crippen LogP contribution >= 0.6 is 11.6 Å². The zero-order chi connectivity index (χ0) is 24.4. The minimum Gasteiger partial charge on any atom is -0.340 e. The molecule has 0 bridgehead atoms. The van der Waals surface area contributed by atoms with Gasteiger partial charge in [-0.05, 0) is 23.3 Å². The third-order valence-corrected chi connectivity index (χ3v) is 6.57. The summed E-state index contributed by atoms with van der Waals surface area (Å²) in [5.74, 6) is 0.701. The van der Waals surface area contributed by atoms with Crippen LogP contribution in [0.2, 0.25) is 5.02 Å². The first-order valence-corrected chi connectivity index (χ1v) is 12.0. The Morgan fingerprint density at radius 2 is 1.80 bits per heavy atom. The van der Waals surface area contributed by atoms with E-state index in [9.17, 15) is 9.59 Å². The highest BCUT2D eigenvalue weighted by atomic mass is 35.5. The van der Waals surface area contributed by atoms with Crippen molar-refractivity contribution < 1.29 is 0 Å². The second-order valence-electron chi connectivity index (χ2n) is 8.72. The second-order valence-corrected chi connectivity index (χ2v) is 9.16. The number of hydrogen-bond acceptors (Lipinski definition) is 5. The molecule has 0 saturated carbocycles. The van der Waals surface area contributed by atoms with Gasteiger partial charge in [-0.1, -0.05) is 66.2 Å². The number of piperazine rings is 1. The Bertz CT molecular complexity index is 1480. The lowest BCUT2D eigenvalue weighted by Gasteiger charge is -2.35. The molecule has 0 aliphatic carbocycles. The molecule has 1 aliphatic rings. The smallest absolute Gasteiger partial charge is 0.329 e. The van der Waals surface area contributed by atoms with Crippen molar-refractivity contribution in [2.24, 2.45) is 7.05 Å². The number of aryl methyl sites for hydroxylation is 1. The van der Waals surface area contributed by atoms with Crippen molar-refractivity contribution in [1.29, 1.82) is 0 Å². The highest BCUT2D eigenvalue weighted by Crippen LogP contribution is 2.22. The predicted octanol–water partition coefficient (Wildman–Crippen LogP) is 3.11. The summed E-state index contributed by atoms with van der Waals surface area (Å²) in [6.45, 7) is 4.52. The zero-order valence-corrected chi connectivity index (χ0v) is 20.3. The molecule has 1 N–H and O–H groups in total. The molecule has 9 heteroatoms. The molecule has 35 heavy (non-hydrogen) atoms. The molecule has 8 nitrogen and oxygen atoms in total. The van der Waals surface area contributed by atoms with Gasteiger partial charge in [0.05, 0.1) is 0 Å². The predicted molar refractivity (Wildman–Crippen MR) is 140 cm³/mol. The van der Waals surface area contributed by atoms with Crippen molar-refractivity contribution in [3.63, 3.8) is 0 Å². The third-order valence-electron chi connectivity index (χ3n) is 6.34. The monoisotopic (exact) mass is 490 g/mol. The number of halogens is 1. The summed E-state index contributed by atoms with van der Waals surface area (Å²) in [6, 6.07) is 17.9. The van der Waals surface area contributed by atoms with Crippen LogP contribution in [0.4, 0.5) is 5.95 Å². The van der Waals surface area contributed by atoms with Crippen LogP contribution in [0.3, 0.4) is 0 Å². The Labute approximate surface area is 207 Å². The Morgan fingerprint density at radius 1 is 1.03 bits per heavy atom. The molecule has 0 spiro atoms. The van der Waals surface area contributed by atoms with Crippen molar-refractivity contribution in [2.75, 3.05) is 31.1 Å². The number of nitrogens with one attached hydrogen (secondary N) is 1. The number of aromatic nitrogens is 4. The van der Waals surface area contributed by atoms with E-state index in [0.717, 1.165) is 43.3 Å². The lowest BCUT2D eigenvalue weighted by molar-refractivity contribution is 0.248. The van der Waals surface area contributed by atoms with Crippen molar-refractivity contribution >= 4 is 34.8 Å². The molecular weight excluding hydrogens is 464 g/mol. The van der Waals surface area contributed by atoms with Crippen LogP contribution < -0.4 is 16.1 Å². The van der Waals surface area contributed by atoms with Crippen LogP contribution in [0.25, 0.3) is 17.2 Å². The zero-order valence-electron chi connectivity index (χ0n) is 19.5. The van der Waals surface area contributed by atoms with Crippen molar-refractivity contribution in [2.45, 2.75) is 13.1 Å². The van der Waals surface area contributed by atoms with E-state index in [1.165, 1.54) is 10.1 Å². The van der Waals surface area contributed by atoms with Crippen LogP contribution in [0.15, 0.2) is 70.3 Å². The number of hydrogen-bond donors (Lipinski definition) is 1. The van der Waals surface area contributed by atoms with E-state index in [2.05, 4.69) is 20.9 Å². The molecule has 0 atom stereocenters. The quantitative estimate of drug-likeness (QED) is 0.449. The minimum atomic E-state index is -0.468. The van der Waals surface area contributed by atoms with Crippen molar-refractivity contribution in [1.82, 2.24) is 24.0 Å². The van der Waals surface area contributed by atoms with Crippen LogP contribution in [-0.4, -0.2) is 50.2 Å². The fourth-order valence-electron chi connectivity index (χ4n) is 4.50. The third kappa shape index (κ3) is 4.94. The molecule has 0 amide bonds. The van der Waals surface area contributed by atoms with Crippen molar-refractivity contribution in [3.8, 4) is 0 Å². The number of allylic oxidation sites excluding steroid dienone is 1. The summed E-state index contributed by atoms with van der Waals surface area (Å²) in [7, 11) is 1.63. The molecule has 5 rings (SSSR count). The Kier molecular flexibility index (Phi) is 6.57. The van der Waals surface area contributed by atoms with Gasteiger partial charge in [-0.15, -0.1) is 0 Å². The molecule has 2 aromatic heterocycles. The summed E-state index contributed by atoms with van der Waals surface area (Å²) < 4.78 is 3.30. The van der Waals surface area contributed by atoms with E-state index < -0.39 is 11.2 Å². The Morgan fingerprint density at radius 3 is 2.54 bits per heavy atom. The molecular formula is C26H27ClN6O2. The van der Waals surface area contributed by atoms with E-state index in [1.807, 2.05) is 65.3 Å². The number of fused-ring (bicyclic) bond motifs is 1. The first-order chi connectivity index (χ1) is 17.0. The number of rotatable bonds is 6. The van der Waals surface area contributed by atoms with E-state index >= 15 is 0 Å². The van der Waals surface area contributed by atoms with Gasteiger partial charge in [-0.25, -0.2) is 4.79 Å². The molecule has 2 aromatic carbocycles. The van der Waals surface area contributed by atoms with Gasteiger partial charge in [-0.2, -0.15) is 4.98 Å². The Balaban J connectivity index is 1.42. The van der Waals surface area contributed by atoms with Gasteiger partial charge < -0.3 is 9.47 Å². The summed E-state index contributed by atoms with van der Waals surface area (Å²) in [4.78, 5) is 36.7. The number of anilines is 1. The number of nitrogens with zero attached hydrogens (tertiary/aromatic N) is 5. The topological polar surface area (TPSA) is 79.2 Å². The molecule has 1 aliphatic heterocycles. The van der Waals surface area contributed by atoms with Gasteiger partial charge in [0.15, 0.2) is 11.2 Å². The summed E-state index contributed by atoms with van der Waals surface area (Å²) in [6.07, 6.45) is 4.04. The fourth-order valence-corrected chi connectivity index (χ4v) is 4.71. The summed E-state index contributed by atoms with van der Waals surface area (Å²) >= 11 is 6.14. The first-order valence-electron chi connectivity index (χ1n) is 11.6. The maximum Gasteiger partial charge on any atom is 0.329 e. The van der Waals surface area contributed by atoms with E-state index in [1.54, 1.807) is 7.05 Å². The molecule has 0 unspecified atom stereocenters.